The quantitative estimate of drug-likeness (QED) is 0.135. The summed E-state index contributed by atoms with van der Waals surface area (Å²) >= 11 is 1.83. The zero-order chi connectivity index (χ0) is 38.7. The molecule has 3 heterocycles. The standard InChI is InChI=1S/C52H35N3O2S/c1-31(35-19-23-41-42-24-20-37(32-9-3-2-4-10-32)29-47(42)57-46(41)28-35)54-52(38-21-25-40-39-11-5-7-13-45(39)56-48(40)30-38)55-51(53)34-17-15-33(16-18-34)36-22-26-50-44(27-36)43-12-6-8-14-49(43)58-50/h2-31H,1H3,(H2,53,54,55). The Hall–Kier alpha value is -7.28. The van der Waals surface area contributed by atoms with E-state index in [1.54, 1.807) is 0 Å². The molecule has 6 heteroatoms. The molecule has 8 aromatic carbocycles. The van der Waals surface area contributed by atoms with Crippen molar-refractivity contribution >= 4 is 87.1 Å². The summed E-state index contributed by atoms with van der Waals surface area (Å²) in [6.45, 7) is 2.07. The van der Waals surface area contributed by atoms with Gasteiger partial charge in [0.15, 0.2) is 5.84 Å². The van der Waals surface area contributed by atoms with Gasteiger partial charge in [-0.25, -0.2) is 4.99 Å². The molecule has 0 radical (unpaired) electrons. The van der Waals surface area contributed by atoms with Crippen LogP contribution in [0.2, 0.25) is 0 Å². The van der Waals surface area contributed by atoms with Crippen molar-refractivity contribution < 1.29 is 8.83 Å². The molecule has 0 spiro atoms. The predicted molar refractivity (Wildman–Crippen MR) is 243 cm³/mol. The van der Waals surface area contributed by atoms with Crippen LogP contribution in [0.5, 0.6) is 0 Å². The van der Waals surface area contributed by atoms with Gasteiger partial charge in [-0.05, 0) is 89.3 Å². The van der Waals surface area contributed by atoms with Gasteiger partial charge in [0, 0.05) is 52.8 Å². The molecule has 58 heavy (non-hydrogen) atoms. The fraction of sp³-hybridized carbons (Fsp3) is 0.0385. The molecule has 0 aliphatic rings. The predicted octanol–water partition coefficient (Wildman–Crippen LogP) is 14.1. The van der Waals surface area contributed by atoms with Crippen LogP contribution in [-0.4, -0.2) is 11.7 Å². The average molecular weight is 766 g/mol. The molecule has 0 fully saturated rings. The van der Waals surface area contributed by atoms with E-state index in [2.05, 4.69) is 134 Å². The van der Waals surface area contributed by atoms with Crippen molar-refractivity contribution in [2.24, 2.45) is 15.7 Å². The molecule has 0 aliphatic carbocycles. The van der Waals surface area contributed by atoms with E-state index < -0.39 is 0 Å². The number of nitrogens with zero attached hydrogens (tertiary/aromatic N) is 2. The van der Waals surface area contributed by atoms with Crippen molar-refractivity contribution in [1.82, 2.24) is 0 Å². The number of rotatable bonds is 6. The summed E-state index contributed by atoms with van der Waals surface area (Å²) in [7, 11) is 0. The molecular weight excluding hydrogens is 731 g/mol. The zero-order valence-electron chi connectivity index (χ0n) is 31.5. The molecule has 3 aromatic heterocycles. The first-order valence-corrected chi connectivity index (χ1v) is 20.2. The maximum absolute atomic E-state index is 6.84. The Morgan fingerprint density at radius 3 is 1.88 bits per heavy atom. The number of aliphatic imine (C=N–C) groups is 2. The third-order valence-corrected chi connectivity index (χ3v) is 12.3. The molecule has 0 aliphatic heterocycles. The van der Waals surface area contributed by atoms with E-state index in [0.29, 0.717) is 11.7 Å². The highest BCUT2D eigenvalue weighted by Gasteiger charge is 2.16. The van der Waals surface area contributed by atoms with Crippen LogP contribution in [-0.2, 0) is 0 Å². The van der Waals surface area contributed by atoms with Crippen LogP contribution < -0.4 is 5.73 Å². The average Bonchev–Trinajstić information content (AvgIpc) is 3.96. The van der Waals surface area contributed by atoms with Crippen molar-refractivity contribution in [2.75, 3.05) is 0 Å². The lowest BCUT2D eigenvalue weighted by Gasteiger charge is -2.11. The number of fused-ring (bicyclic) bond motifs is 9. The Balaban J connectivity index is 0.960. The molecular formula is C52H35N3O2S. The molecule has 0 saturated carbocycles. The summed E-state index contributed by atoms with van der Waals surface area (Å²) in [5, 5.41) is 6.82. The van der Waals surface area contributed by atoms with Crippen LogP contribution in [0.15, 0.2) is 195 Å². The molecule has 1 atom stereocenters. The number of benzene rings is 8. The van der Waals surface area contributed by atoms with Gasteiger partial charge in [-0.3, -0.25) is 4.99 Å². The van der Waals surface area contributed by atoms with Crippen molar-refractivity contribution in [3.8, 4) is 22.3 Å². The van der Waals surface area contributed by atoms with Gasteiger partial charge in [0.1, 0.15) is 28.2 Å². The first-order chi connectivity index (χ1) is 28.5. The third-order valence-electron chi connectivity index (χ3n) is 11.2. The Morgan fingerprint density at radius 1 is 0.466 bits per heavy atom. The molecule has 0 saturated heterocycles. The van der Waals surface area contributed by atoms with Crippen LogP contribution in [0.25, 0.3) is 86.3 Å². The molecule has 0 bridgehead atoms. The normalized spacial score (nSPS) is 13.1. The van der Waals surface area contributed by atoms with Crippen molar-refractivity contribution in [2.45, 2.75) is 13.0 Å². The monoisotopic (exact) mass is 765 g/mol. The van der Waals surface area contributed by atoms with Gasteiger partial charge in [-0.2, -0.15) is 0 Å². The van der Waals surface area contributed by atoms with Crippen molar-refractivity contribution in [3.05, 3.63) is 193 Å². The van der Waals surface area contributed by atoms with Crippen LogP contribution in [0, 0.1) is 0 Å². The first-order valence-electron chi connectivity index (χ1n) is 19.4. The fourth-order valence-corrected chi connectivity index (χ4v) is 9.16. The molecule has 0 amide bonds. The number of thiophene rings is 1. The van der Waals surface area contributed by atoms with Crippen LogP contribution in [0.3, 0.4) is 0 Å². The molecule has 5 nitrogen and oxygen atoms in total. The number of nitrogens with two attached hydrogens (primary N) is 1. The summed E-state index contributed by atoms with van der Waals surface area (Å²) in [5.74, 6) is 0.895. The van der Waals surface area contributed by atoms with E-state index in [0.717, 1.165) is 82.8 Å². The van der Waals surface area contributed by atoms with Gasteiger partial charge in [0.05, 0.1) is 6.04 Å². The highest BCUT2D eigenvalue weighted by molar-refractivity contribution is 7.25. The minimum Gasteiger partial charge on any atom is -0.456 e. The SMILES string of the molecule is CC(N=C(N=C(N)c1ccc(-c2ccc3sc4ccccc4c3c2)cc1)c1ccc2c(c1)oc1ccccc12)c1ccc2c(c1)oc1cc(-c3ccccc3)ccc12. The zero-order valence-corrected chi connectivity index (χ0v) is 32.3. The number of amidine groups is 2. The fourth-order valence-electron chi connectivity index (χ4n) is 8.07. The largest absolute Gasteiger partial charge is 0.456 e. The van der Waals surface area contributed by atoms with E-state index >= 15 is 0 Å². The maximum atomic E-state index is 6.84. The Kier molecular flexibility index (Phi) is 8.05. The molecule has 2 N–H and O–H groups in total. The van der Waals surface area contributed by atoms with Gasteiger partial charge in [-0.15, -0.1) is 11.3 Å². The summed E-state index contributed by atoms with van der Waals surface area (Å²) in [6, 6.07) is 60.6. The van der Waals surface area contributed by atoms with Gasteiger partial charge in [-0.1, -0.05) is 121 Å². The van der Waals surface area contributed by atoms with Crippen LogP contribution in [0.1, 0.15) is 29.7 Å². The smallest absolute Gasteiger partial charge is 0.157 e. The second-order valence-electron chi connectivity index (χ2n) is 14.8. The molecule has 11 aromatic rings. The highest BCUT2D eigenvalue weighted by Crippen LogP contribution is 2.37. The van der Waals surface area contributed by atoms with Crippen molar-refractivity contribution in [3.63, 3.8) is 0 Å². The number of hydrogen-bond donors (Lipinski definition) is 1. The van der Waals surface area contributed by atoms with Gasteiger partial charge >= 0.3 is 0 Å². The van der Waals surface area contributed by atoms with E-state index in [-0.39, 0.29) is 6.04 Å². The lowest BCUT2D eigenvalue weighted by molar-refractivity contribution is 0.667. The van der Waals surface area contributed by atoms with E-state index in [1.807, 2.05) is 59.9 Å². The Labute approximate surface area is 338 Å². The summed E-state index contributed by atoms with van der Waals surface area (Å²) in [4.78, 5) is 10.3. The van der Waals surface area contributed by atoms with Gasteiger partial charge < -0.3 is 14.6 Å². The number of para-hydroxylation sites is 1. The van der Waals surface area contributed by atoms with E-state index in [1.165, 1.54) is 20.2 Å². The third kappa shape index (κ3) is 5.94. The minimum atomic E-state index is -0.263. The molecule has 276 valence electrons. The lowest BCUT2D eigenvalue weighted by atomic mass is 10.0. The number of hydrogen-bond acceptors (Lipinski definition) is 4. The Morgan fingerprint density at radius 2 is 1.03 bits per heavy atom. The second-order valence-corrected chi connectivity index (χ2v) is 15.8. The van der Waals surface area contributed by atoms with E-state index in [4.69, 9.17) is 24.6 Å². The molecule has 11 rings (SSSR count). The molecule has 1 unspecified atom stereocenters. The van der Waals surface area contributed by atoms with Gasteiger partial charge in [0.25, 0.3) is 0 Å². The van der Waals surface area contributed by atoms with Crippen LogP contribution in [0.4, 0.5) is 0 Å². The summed E-state index contributed by atoms with van der Waals surface area (Å²) < 4.78 is 15.3. The van der Waals surface area contributed by atoms with Gasteiger partial charge in [0.2, 0.25) is 0 Å². The minimum absolute atomic E-state index is 0.263. The lowest BCUT2D eigenvalue weighted by Crippen LogP contribution is -2.16. The maximum Gasteiger partial charge on any atom is 0.157 e. The van der Waals surface area contributed by atoms with Crippen LogP contribution >= 0.6 is 11.3 Å². The Bertz CT molecular complexity index is 3420. The summed E-state index contributed by atoms with van der Waals surface area (Å²) in [6.07, 6.45) is 0. The van der Waals surface area contributed by atoms with E-state index in [9.17, 15) is 0 Å². The second kappa shape index (κ2) is 13.7. The highest BCUT2D eigenvalue weighted by atomic mass is 32.1. The summed E-state index contributed by atoms with van der Waals surface area (Å²) in [5.41, 5.74) is 17.3. The number of furan rings is 2. The first kappa shape index (κ1) is 34.0. The van der Waals surface area contributed by atoms with Crippen molar-refractivity contribution in [1.29, 1.82) is 0 Å². The topological polar surface area (TPSA) is 77.0 Å².